The average molecular weight is 292 g/mol. The van der Waals surface area contributed by atoms with Crippen molar-refractivity contribution in [3.05, 3.63) is 29.8 Å². The third-order valence-corrected chi connectivity index (χ3v) is 5.24. The summed E-state index contributed by atoms with van der Waals surface area (Å²) < 4.78 is 26.6. The van der Waals surface area contributed by atoms with E-state index in [0.717, 1.165) is 30.6 Å². The summed E-state index contributed by atoms with van der Waals surface area (Å²) in [5, 5.41) is 0. The van der Waals surface area contributed by atoms with Crippen LogP contribution in [-0.2, 0) is 4.74 Å². The van der Waals surface area contributed by atoms with Crippen LogP contribution in [0.5, 0.6) is 5.75 Å². The average Bonchev–Trinajstić information content (AvgIpc) is 2.46. The van der Waals surface area contributed by atoms with Crippen molar-refractivity contribution in [2.75, 3.05) is 7.11 Å². The van der Waals surface area contributed by atoms with Gasteiger partial charge in [0.2, 0.25) is 0 Å². The highest BCUT2D eigenvalue weighted by Gasteiger charge is 2.49. The molecule has 3 rings (SSSR count). The Kier molecular flexibility index (Phi) is 3.96. The van der Waals surface area contributed by atoms with Crippen LogP contribution < -0.4 is 4.74 Å². The molecule has 2 aliphatic rings. The second kappa shape index (κ2) is 5.60. The van der Waals surface area contributed by atoms with E-state index in [0.29, 0.717) is 12.3 Å². The van der Waals surface area contributed by atoms with Crippen LogP contribution in [0.25, 0.3) is 0 Å². The smallest absolute Gasteiger partial charge is 0.118 e. The number of alkyl halides is 1. The van der Waals surface area contributed by atoms with E-state index in [-0.39, 0.29) is 18.1 Å². The molecular weight excluding hydrogens is 267 g/mol. The molecular formula is C18H25FO2. The molecule has 21 heavy (non-hydrogen) atoms. The van der Waals surface area contributed by atoms with Gasteiger partial charge in [0.15, 0.2) is 0 Å². The van der Waals surface area contributed by atoms with Crippen LogP contribution in [0.4, 0.5) is 4.39 Å². The van der Waals surface area contributed by atoms with Crippen molar-refractivity contribution >= 4 is 0 Å². The van der Waals surface area contributed by atoms with Gasteiger partial charge in [0.1, 0.15) is 11.4 Å². The highest BCUT2D eigenvalue weighted by atomic mass is 19.1. The first-order valence-corrected chi connectivity index (χ1v) is 7.98. The molecule has 3 heteroatoms. The zero-order valence-electron chi connectivity index (χ0n) is 13.1. The third kappa shape index (κ3) is 2.94. The Labute approximate surface area is 126 Å². The molecule has 0 unspecified atom stereocenters. The maximum Gasteiger partial charge on any atom is 0.118 e. The molecule has 1 saturated carbocycles. The monoisotopic (exact) mass is 292 g/mol. The number of ether oxygens (including phenoxy) is 2. The highest BCUT2D eigenvalue weighted by Crippen LogP contribution is 2.49. The maximum atomic E-state index is 15.1. The van der Waals surface area contributed by atoms with E-state index in [2.05, 4.69) is 6.92 Å². The molecule has 0 spiro atoms. The van der Waals surface area contributed by atoms with E-state index in [4.69, 9.17) is 9.47 Å². The molecule has 0 bridgehead atoms. The Morgan fingerprint density at radius 3 is 2.62 bits per heavy atom. The Hall–Kier alpha value is -1.09. The minimum absolute atomic E-state index is 0.0585. The molecule has 2 nitrogen and oxygen atoms in total. The van der Waals surface area contributed by atoms with Crippen LogP contribution in [0.1, 0.15) is 51.2 Å². The summed E-state index contributed by atoms with van der Waals surface area (Å²) in [5.41, 5.74) is -0.0791. The van der Waals surface area contributed by atoms with Crippen LogP contribution in [0, 0.1) is 11.8 Å². The van der Waals surface area contributed by atoms with Crippen LogP contribution in [-0.4, -0.2) is 18.9 Å². The molecule has 5 atom stereocenters. The molecule has 1 aliphatic heterocycles. The molecule has 1 heterocycles. The van der Waals surface area contributed by atoms with Crippen molar-refractivity contribution in [2.45, 2.75) is 57.4 Å². The fourth-order valence-corrected chi connectivity index (χ4v) is 3.96. The summed E-state index contributed by atoms with van der Waals surface area (Å²) in [6.07, 6.45) is 3.43. The van der Waals surface area contributed by atoms with E-state index < -0.39 is 5.67 Å². The van der Waals surface area contributed by atoms with Gasteiger partial charge in [0, 0.05) is 12.3 Å². The summed E-state index contributed by atoms with van der Waals surface area (Å²) in [5.74, 6) is 1.52. The Morgan fingerprint density at radius 2 is 1.95 bits per heavy atom. The fraction of sp³-hybridized carbons (Fsp3) is 0.667. The second-order valence-corrected chi connectivity index (χ2v) is 6.94. The molecule has 1 aromatic carbocycles. The van der Waals surface area contributed by atoms with Crippen LogP contribution in [0.3, 0.4) is 0 Å². The first-order valence-electron chi connectivity index (χ1n) is 7.98. The van der Waals surface area contributed by atoms with Crippen molar-refractivity contribution in [3.8, 4) is 5.75 Å². The number of halogens is 1. The number of hydrogen-bond acceptors (Lipinski definition) is 2. The predicted molar refractivity (Wildman–Crippen MR) is 81.2 cm³/mol. The van der Waals surface area contributed by atoms with Gasteiger partial charge in [-0.05, 0) is 43.4 Å². The standard InChI is InChI=1S/C18H25FO2/c1-12-4-9-15-16(10-12)21-17(11-18(15,2)19)13-5-7-14(20-3)8-6-13/h5-8,12,15-17H,4,9-11H2,1-3H3/t12-,15-,16-,17-,18-/m1/s1. The summed E-state index contributed by atoms with van der Waals surface area (Å²) in [6, 6.07) is 7.83. The van der Waals surface area contributed by atoms with Gasteiger partial charge in [-0.1, -0.05) is 25.5 Å². The molecule has 1 saturated heterocycles. The lowest BCUT2D eigenvalue weighted by Gasteiger charge is -2.48. The molecule has 1 aliphatic carbocycles. The van der Waals surface area contributed by atoms with Gasteiger partial charge in [-0.2, -0.15) is 0 Å². The van der Waals surface area contributed by atoms with E-state index in [1.165, 1.54) is 0 Å². The van der Waals surface area contributed by atoms with Gasteiger partial charge in [-0.15, -0.1) is 0 Å². The first-order chi connectivity index (χ1) is 9.99. The number of rotatable bonds is 2. The number of benzene rings is 1. The lowest BCUT2D eigenvalue weighted by molar-refractivity contribution is -0.171. The minimum atomic E-state index is -1.13. The van der Waals surface area contributed by atoms with E-state index in [1.54, 1.807) is 14.0 Å². The molecule has 0 aromatic heterocycles. The lowest BCUT2D eigenvalue weighted by atomic mass is 9.69. The van der Waals surface area contributed by atoms with Gasteiger partial charge in [-0.25, -0.2) is 4.39 Å². The third-order valence-electron chi connectivity index (χ3n) is 5.24. The largest absolute Gasteiger partial charge is 0.497 e. The molecule has 0 N–H and O–H groups in total. The zero-order chi connectivity index (χ0) is 15.0. The van der Waals surface area contributed by atoms with Crippen LogP contribution in [0.15, 0.2) is 24.3 Å². The van der Waals surface area contributed by atoms with E-state index in [1.807, 2.05) is 24.3 Å². The Morgan fingerprint density at radius 1 is 1.24 bits per heavy atom. The maximum absolute atomic E-state index is 15.1. The van der Waals surface area contributed by atoms with Crippen molar-refractivity contribution in [2.24, 2.45) is 11.8 Å². The predicted octanol–water partition coefficient (Wildman–Crippen LogP) is 4.69. The van der Waals surface area contributed by atoms with Crippen molar-refractivity contribution < 1.29 is 13.9 Å². The van der Waals surface area contributed by atoms with Crippen LogP contribution >= 0.6 is 0 Å². The Balaban J connectivity index is 1.80. The van der Waals surface area contributed by atoms with Gasteiger partial charge in [-0.3, -0.25) is 0 Å². The highest BCUT2D eigenvalue weighted by molar-refractivity contribution is 5.29. The van der Waals surface area contributed by atoms with Crippen molar-refractivity contribution in [3.63, 3.8) is 0 Å². The molecule has 1 aromatic rings. The topological polar surface area (TPSA) is 18.5 Å². The quantitative estimate of drug-likeness (QED) is 0.787. The van der Waals surface area contributed by atoms with Gasteiger partial charge in [0.05, 0.1) is 19.3 Å². The second-order valence-electron chi connectivity index (χ2n) is 6.94. The number of methoxy groups -OCH3 is 1. The first kappa shape index (κ1) is 14.8. The molecule has 0 amide bonds. The van der Waals surface area contributed by atoms with Crippen molar-refractivity contribution in [1.82, 2.24) is 0 Å². The summed E-state index contributed by atoms with van der Waals surface area (Å²) >= 11 is 0. The number of hydrogen-bond donors (Lipinski definition) is 0. The van der Waals surface area contributed by atoms with Crippen molar-refractivity contribution in [1.29, 1.82) is 0 Å². The molecule has 2 fully saturated rings. The normalized spacial score (nSPS) is 39.6. The Bertz CT molecular complexity index is 482. The van der Waals surface area contributed by atoms with Crippen LogP contribution in [0.2, 0.25) is 0 Å². The van der Waals surface area contributed by atoms with E-state index in [9.17, 15) is 0 Å². The number of fused-ring (bicyclic) bond motifs is 1. The fourth-order valence-electron chi connectivity index (χ4n) is 3.96. The zero-order valence-corrected chi connectivity index (χ0v) is 13.1. The van der Waals surface area contributed by atoms with Gasteiger partial charge < -0.3 is 9.47 Å². The lowest BCUT2D eigenvalue weighted by Crippen LogP contribution is -2.49. The van der Waals surface area contributed by atoms with Gasteiger partial charge >= 0.3 is 0 Å². The molecule has 116 valence electrons. The van der Waals surface area contributed by atoms with E-state index >= 15 is 4.39 Å². The summed E-state index contributed by atoms with van der Waals surface area (Å²) in [6.45, 7) is 4.01. The minimum Gasteiger partial charge on any atom is -0.497 e. The molecule has 0 radical (unpaired) electrons. The van der Waals surface area contributed by atoms with Gasteiger partial charge in [0.25, 0.3) is 0 Å². The summed E-state index contributed by atoms with van der Waals surface area (Å²) in [4.78, 5) is 0. The summed E-state index contributed by atoms with van der Waals surface area (Å²) in [7, 11) is 1.65. The SMILES string of the molecule is COc1ccc([C@H]2C[C@@](C)(F)[C@@H]3CC[C@@H](C)C[C@H]3O2)cc1.